The molecule has 0 radical (unpaired) electrons. The Kier molecular flexibility index (Phi) is 3.72. The molecule has 2 aliphatic carbocycles. The molecule has 2 atom stereocenters. The first-order valence-electron chi connectivity index (χ1n) is 7.76. The van der Waals surface area contributed by atoms with Gasteiger partial charge < -0.3 is 5.32 Å². The average molecular weight is 293 g/mol. The third kappa shape index (κ3) is 2.68. The molecule has 1 N–H and O–H groups in total. The molecule has 1 amide bonds. The molecule has 4 heteroatoms. The third-order valence-electron chi connectivity index (χ3n) is 5.23. The van der Waals surface area contributed by atoms with Crippen molar-refractivity contribution >= 4 is 5.91 Å². The minimum absolute atomic E-state index is 0.0912. The van der Waals surface area contributed by atoms with Crippen LogP contribution >= 0.6 is 0 Å². The van der Waals surface area contributed by atoms with Crippen molar-refractivity contribution in [2.24, 2.45) is 11.8 Å². The molecular weight excluding hydrogens is 272 g/mol. The van der Waals surface area contributed by atoms with Crippen molar-refractivity contribution in [2.45, 2.75) is 44.4 Å². The van der Waals surface area contributed by atoms with Gasteiger partial charge in [-0.2, -0.15) is 0 Å². The number of rotatable bonds is 4. The van der Waals surface area contributed by atoms with Crippen LogP contribution in [0.3, 0.4) is 0 Å². The molecule has 3 rings (SSSR count). The van der Waals surface area contributed by atoms with Gasteiger partial charge in [0.1, 0.15) is 11.6 Å². The van der Waals surface area contributed by atoms with Gasteiger partial charge in [0.2, 0.25) is 5.91 Å². The van der Waals surface area contributed by atoms with Crippen molar-refractivity contribution in [3.63, 3.8) is 0 Å². The molecule has 2 aliphatic rings. The number of carbonyl (C=O) groups is 1. The van der Waals surface area contributed by atoms with Crippen LogP contribution in [0.4, 0.5) is 8.78 Å². The lowest BCUT2D eigenvalue weighted by atomic mass is 9.92. The number of hydrogen-bond acceptors (Lipinski definition) is 1. The molecule has 0 heterocycles. The van der Waals surface area contributed by atoms with Crippen molar-refractivity contribution in [3.05, 3.63) is 35.4 Å². The number of carbonyl (C=O) groups excluding carboxylic acids is 1. The normalized spacial score (nSPS) is 28.6. The Hall–Kier alpha value is -1.45. The number of amides is 1. The van der Waals surface area contributed by atoms with E-state index in [1.807, 2.05) is 6.92 Å². The van der Waals surface area contributed by atoms with E-state index in [-0.39, 0.29) is 17.2 Å². The quantitative estimate of drug-likeness (QED) is 0.903. The Labute approximate surface area is 123 Å². The molecule has 1 aromatic carbocycles. The van der Waals surface area contributed by atoms with Gasteiger partial charge in [-0.05, 0) is 36.8 Å². The highest BCUT2D eigenvalue weighted by Gasteiger charge is 2.53. The molecule has 0 bridgehead atoms. The molecule has 2 fully saturated rings. The highest BCUT2D eigenvalue weighted by Crippen LogP contribution is 2.54. The largest absolute Gasteiger partial charge is 0.355 e. The standard InChI is InChI=1S/C17H21F2NO/c1-11-9-17(11,14-7-6-13(18)8-15(14)19)10-20-16(21)12-4-2-3-5-12/h6-8,11-12H,2-5,9-10H2,1H3,(H,20,21). The van der Waals surface area contributed by atoms with Gasteiger partial charge in [0.25, 0.3) is 0 Å². The minimum Gasteiger partial charge on any atom is -0.355 e. The van der Waals surface area contributed by atoms with Gasteiger partial charge in [0.15, 0.2) is 0 Å². The number of hydrogen-bond donors (Lipinski definition) is 1. The van der Waals surface area contributed by atoms with E-state index in [2.05, 4.69) is 5.32 Å². The number of halogens is 2. The molecule has 0 spiro atoms. The van der Waals surface area contributed by atoms with Crippen LogP contribution < -0.4 is 5.32 Å². The van der Waals surface area contributed by atoms with E-state index in [9.17, 15) is 13.6 Å². The Morgan fingerprint density at radius 2 is 2.00 bits per heavy atom. The molecule has 2 saturated carbocycles. The van der Waals surface area contributed by atoms with E-state index in [0.29, 0.717) is 18.0 Å². The zero-order chi connectivity index (χ0) is 15.0. The van der Waals surface area contributed by atoms with E-state index in [1.54, 1.807) is 0 Å². The Bertz CT molecular complexity index is 554. The van der Waals surface area contributed by atoms with Crippen LogP contribution in [0.2, 0.25) is 0 Å². The zero-order valence-electron chi connectivity index (χ0n) is 12.3. The maximum absolute atomic E-state index is 14.0. The molecule has 2 unspecified atom stereocenters. The fourth-order valence-electron chi connectivity index (χ4n) is 3.67. The lowest BCUT2D eigenvalue weighted by molar-refractivity contribution is -0.124. The molecule has 0 aromatic heterocycles. The predicted octanol–water partition coefficient (Wildman–Crippen LogP) is 3.55. The van der Waals surface area contributed by atoms with Crippen LogP contribution in [0.1, 0.15) is 44.6 Å². The summed E-state index contributed by atoms with van der Waals surface area (Å²) < 4.78 is 27.1. The fourth-order valence-corrected chi connectivity index (χ4v) is 3.67. The van der Waals surface area contributed by atoms with Crippen LogP contribution in [0.15, 0.2) is 18.2 Å². The lowest BCUT2D eigenvalue weighted by Gasteiger charge is -2.20. The van der Waals surface area contributed by atoms with Gasteiger partial charge in [-0.15, -0.1) is 0 Å². The summed E-state index contributed by atoms with van der Waals surface area (Å²) in [4.78, 5) is 12.1. The SMILES string of the molecule is CC1CC1(CNC(=O)C1CCCC1)c1ccc(F)cc1F. The summed E-state index contributed by atoms with van der Waals surface area (Å²) >= 11 is 0. The minimum atomic E-state index is -0.560. The summed E-state index contributed by atoms with van der Waals surface area (Å²) in [6.07, 6.45) is 4.98. The van der Waals surface area contributed by atoms with E-state index >= 15 is 0 Å². The maximum Gasteiger partial charge on any atom is 0.223 e. The number of benzene rings is 1. The van der Waals surface area contributed by atoms with Gasteiger partial charge in [-0.25, -0.2) is 8.78 Å². The molecule has 2 nitrogen and oxygen atoms in total. The van der Waals surface area contributed by atoms with E-state index in [0.717, 1.165) is 38.2 Å². The van der Waals surface area contributed by atoms with Crippen molar-refractivity contribution in [1.29, 1.82) is 0 Å². The highest BCUT2D eigenvalue weighted by molar-refractivity contribution is 5.79. The summed E-state index contributed by atoms with van der Waals surface area (Å²) in [6, 6.07) is 3.75. The second-order valence-electron chi connectivity index (χ2n) is 6.58. The topological polar surface area (TPSA) is 29.1 Å². The summed E-state index contributed by atoms with van der Waals surface area (Å²) in [6.45, 7) is 2.50. The molecule has 114 valence electrons. The van der Waals surface area contributed by atoms with Crippen LogP contribution in [-0.2, 0) is 10.2 Å². The second kappa shape index (κ2) is 5.39. The van der Waals surface area contributed by atoms with E-state index in [4.69, 9.17) is 0 Å². The van der Waals surface area contributed by atoms with Crippen molar-refractivity contribution < 1.29 is 13.6 Å². The Balaban J connectivity index is 1.71. The smallest absolute Gasteiger partial charge is 0.223 e. The van der Waals surface area contributed by atoms with Crippen LogP contribution in [0.25, 0.3) is 0 Å². The maximum atomic E-state index is 14.0. The van der Waals surface area contributed by atoms with E-state index in [1.165, 1.54) is 12.1 Å². The van der Waals surface area contributed by atoms with Crippen molar-refractivity contribution in [2.75, 3.05) is 6.54 Å². The van der Waals surface area contributed by atoms with Crippen molar-refractivity contribution in [3.8, 4) is 0 Å². The van der Waals surface area contributed by atoms with Gasteiger partial charge in [0, 0.05) is 23.9 Å². The first-order chi connectivity index (χ1) is 10.0. The predicted molar refractivity (Wildman–Crippen MR) is 76.8 cm³/mol. The van der Waals surface area contributed by atoms with Gasteiger partial charge in [-0.3, -0.25) is 4.79 Å². The van der Waals surface area contributed by atoms with Crippen LogP contribution in [0.5, 0.6) is 0 Å². The van der Waals surface area contributed by atoms with Crippen molar-refractivity contribution in [1.82, 2.24) is 5.32 Å². The summed E-state index contributed by atoms with van der Waals surface area (Å²) in [5.41, 5.74) is 0.176. The first-order valence-corrected chi connectivity index (χ1v) is 7.76. The monoisotopic (exact) mass is 293 g/mol. The highest BCUT2D eigenvalue weighted by atomic mass is 19.1. The summed E-state index contributed by atoms with van der Waals surface area (Å²) in [5.74, 6) is -0.548. The molecule has 21 heavy (non-hydrogen) atoms. The van der Waals surface area contributed by atoms with Gasteiger partial charge >= 0.3 is 0 Å². The summed E-state index contributed by atoms with van der Waals surface area (Å²) in [7, 11) is 0. The van der Waals surface area contributed by atoms with Gasteiger partial charge in [0.05, 0.1) is 0 Å². The van der Waals surface area contributed by atoms with E-state index < -0.39 is 11.6 Å². The molecule has 0 saturated heterocycles. The lowest BCUT2D eigenvalue weighted by Crippen LogP contribution is -2.36. The first kappa shape index (κ1) is 14.5. The molecular formula is C17H21F2NO. The second-order valence-corrected chi connectivity index (χ2v) is 6.58. The fraction of sp³-hybridized carbons (Fsp3) is 0.588. The average Bonchev–Trinajstić information content (AvgIpc) is 2.89. The van der Waals surface area contributed by atoms with Crippen LogP contribution in [0, 0.1) is 23.5 Å². The third-order valence-corrected chi connectivity index (χ3v) is 5.23. The Morgan fingerprint density at radius 1 is 1.33 bits per heavy atom. The Morgan fingerprint density at radius 3 is 2.57 bits per heavy atom. The van der Waals surface area contributed by atoms with Gasteiger partial charge in [-0.1, -0.05) is 25.8 Å². The number of nitrogens with one attached hydrogen (secondary N) is 1. The molecule has 0 aliphatic heterocycles. The molecule has 1 aromatic rings. The zero-order valence-corrected chi connectivity index (χ0v) is 12.3. The summed E-state index contributed by atoms with van der Waals surface area (Å²) in [5, 5.41) is 3.00. The van der Waals surface area contributed by atoms with Crippen LogP contribution in [-0.4, -0.2) is 12.5 Å².